The molecule has 0 saturated carbocycles. The minimum Gasteiger partial charge on any atom is -0.380 e. The van der Waals surface area contributed by atoms with Crippen molar-refractivity contribution in [2.75, 3.05) is 13.7 Å². The molecule has 4 aromatic rings. The van der Waals surface area contributed by atoms with Gasteiger partial charge in [0, 0.05) is 19.3 Å². The zero-order valence-electron chi connectivity index (χ0n) is 25.9. The van der Waals surface area contributed by atoms with Crippen molar-refractivity contribution >= 4 is 19.3 Å². The Hall–Kier alpha value is -3.50. The molecule has 3 heteroatoms. The molecule has 6 rings (SSSR count). The van der Waals surface area contributed by atoms with E-state index in [1.807, 2.05) is 6.92 Å². The van der Waals surface area contributed by atoms with Crippen LogP contribution in [0, 0.1) is 0 Å². The van der Waals surface area contributed by atoms with Crippen molar-refractivity contribution in [1.82, 2.24) is 0 Å². The van der Waals surface area contributed by atoms with Gasteiger partial charge in [-0.25, -0.2) is 0 Å². The quantitative estimate of drug-likeness (QED) is 0.186. The predicted octanol–water partition coefficient (Wildman–Crippen LogP) is 10.0. The molecule has 4 aromatic carbocycles. The highest BCUT2D eigenvalue weighted by atomic mass is 28.3. The predicted molar refractivity (Wildman–Crippen MR) is 180 cm³/mol. The van der Waals surface area contributed by atoms with E-state index in [0.717, 1.165) is 13.0 Å². The number of allylic oxidation sites excluding steroid dienone is 2. The molecule has 2 aliphatic rings. The highest BCUT2D eigenvalue weighted by Crippen LogP contribution is 2.52. The summed E-state index contributed by atoms with van der Waals surface area (Å²) in [4.78, 5) is 0. The highest BCUT2D eigenvalue weighted by molar-refractivity contribution is 6.96. The van der Waals surface area contributed by atoms with E-state index in [1.165, 1.54) is 61.2 Å². The van der Waals surface area contributed by atoms with Gasteiger partial charge in [0.15, 0.2) is 0 Å². The van der Waals surface area contributed by atoms with Gasteiger partial charge in [0.2, 0.25) is 0 Å². The molecule has 2 aliphatic carbocycles. The van der Waals surface area contributed by atoms with Crippen LogP contribution in [-0.4, -0.2) is 21.8 Å². The van der Waals surface area contributed by atoms with Crippen molar-refractivity contribution < 1.29 is 9.47 Å². The van der Waals surface area contributed by atoms with Crippen molar-refractivity contribution in [1.29, 1.82) is 0 Å². The molecule has 1 unspecified atom stereocenters. The van der Waals surface area contributed by atoms with Crippen LogP contribution in [0.1, 0.15) is 59.7 Å². The number of hydrogen-bond acceptors (Lipinski definition) is 2. The van der Waals surface area contributed by atoms with Crippen LogP contribution in [0.15, 0.2) is 96.1 Å². The second-order valence-electron chi connectivity index (χ2n) is 12.5. The molecule has 0 heterocycles. The Bertz CT molecular complexity index is 1670. The zero-order chi connectivity index (χ0) is 29.4. The molecule has 0 saturated heterocycles. The Morgan fingerprint density at radius 3 is 2.00 bits per heavy atom. The molecule has 0 N–H and O–H groups in total. The molecular formula is C39H42O2Si. The van der Waals surface area contributed by atoms with Gasteiger partial charge in [-0.2, -0.15) is 0 Å². The summed E-state index contributed by atoms with van der Waals surface area (Å²) < 4.78 is 11.0. The van der Waals surface area contributed by atoms with Gasteiger partial charge in [-0.1, -0.05) is 120 Å². The number of ether oxygens (including phenoxy) is 2. The van der Waals surface area contributed by atoms with Gasteiger partial charge in [-0.15, -0.1) is 0 Å². The van der Waals surface area contributed by atoms with Crippen LogP contribution in [0.4, 0.5) is 0 Å². The molecular weight excluding hydrogens is 529 g/mol. The molecule has 0 aliphatic heterocycles. The van der Waals surface area contributed by atoms with E-state index in [2.05, 4.69) is 118 Å². The molecule has 0 fully saturated rings. The molecule has 0 aromatic heterocycles. The fourth-order valence-corrected chi connectivity index (χ4v) is 12.3. The number of hydrogen-bond donors (Lipinski definition) is 0. The van der Waals surface area contributed by atoms with Gasteiger partial charge in [-0.3, -0.25) is 0 Å². The first kappa shape index (κ1) is 28.6. The maximum absolute atomic E-state index is 5.62. The molecule has 42 heavy (non-hydrogen) atoms. The lowest BCUT2D eigenvalue weighted by Gasteiger charge is -2.35. The second-order valence-corrected chi connectivity index (χ2v) is 17.0. The highest BCUT2D eigenvalue weighted by Gasteiger charge is 2.44. The Kier molecular flexibility index (Phi) is 7.93. The van der Waals surface area contributed by atoms with Gasteiger partial charge < -0.3 is 9.47 Å². The molecule has 1 atom stereocenters. The van der Waals surface area contributed by atoms with Gasteiger partial charge >= 0.3 is 0 Å². The Balaban J connectivity index is 1.36. The molecule has 0 radical (unpaired) electrons. The number of rotatable bonds is 9. The first-order chi connectivity index (χ1) is 20.3. The Morgan fingerprint density at radius 2 is 1.33 bits per heavy atom. The summed E-state index contributed by atoms with van der Waals surface area (Å²) in [7, 11) is -0.229. The van der Waals surface area contributed by atoms with E-state index in [0.29, 0.717) is 18.8 Å². The second kappa shape index (κ2) is 11.6. The van der Waals surface area contributed by atoms with Crippen molar-refractivity contribution in [2.45, 2.75) is 59.0 Å². The number of benzene rings is 4. The third-order valence-corrected chi connectivity index (χ3v) is 13.5. The van der Waals surface area contributed by atoms with Crippen LogP contribution < -0.4 is 0 Å². The maximum Gasteiger partial charge on any atom is 0.0930 e. The van der Waals surface area contributed by atoms with Crippen molar-refractivity contribution in [2.24, 2.45) is 0 Å². The van der Waals surface area contributed by atoms with E-state index in [4.69, 9.17) is 9.47 Å². The van der Waals surface area contributed by atoms with Gasteiger partial charge in [-0.05, 0) is 82.8 Å². The fraction of sp³-hybridized carbons (Fsp3) is 0.282. The number of fused-ring (bicyclic) bond motifs is 2. The first-order valence-electron chi connectivity index (χ1n) is 15.2. The minimum atomic E-state index is -1.98. The number of methoxy groups -OCH3 is 1. The summed E-state index contributed by atoms with van der Waals surface area (Å²) in [6.07, 6.45) is 3.51. The van der Waals surface area contributed by atoms with Crippen LogP contribution in [-0.2, 0) is 29.1 Å². The topological polar surface area (TPSA) is 18.5 Å². The summed E-state index contributed by atoms with van der Waals surface area (Å²) in [5.74, 6) is 0. The summed E-state index contributed by atoms with van der Waals surface area (Å²) >= 11 is 0. The largest absolute Gasteiger partial charge is 0.380 e. The average Bonchev–Trinajstić information content (AvgIpc) is 3.53. The summed E-state index contributed by atoms with van der Waals surface area (Å²) in [6, 6.07) is 31.7. The third-order valence-electron chi connectivity index (χ3n) is 9.27. The van der Waals surface area contributed by atoms with E-state index in [9.17, 15) is 0 Å². The first-order valence-corrected chi connectivity index (χ1v) is 18.3. The average molecular weight is 571 g/mol. The monoisotopic (exact) mass is 570 g/mol. The van der Waals surface area contributed by atoms with Gasteiger partial charge in [0.25, 0.3) is 0 Å². The lowest BCUT2D eigenvalue weighted by Crippen LogP contribution is -2.37. The van der Waals surface area contributed by atoms with Gasteiger partial charge in [0.1, 0.15) is 0 Å². The lowest BCUT2D eigenvalue weighted by molar-refractivity contribution is 0.134. The summed E-state index contributed by atoms with van der Waals surface area (Å²) in [6.45, 7) is 14.0. The smallest absolute Gasteiger partial charge is 0.0930 e. The van der Waals surface area contributed by atoms with E-state index < -0.39 is 8.07 Å². The molecule has 0 amide bonds. The fourth-order valence-electron chi connectivity index (χ4n) is 7.62. The van der Waals surface area contributed by atoms with Crippen LogP contribution >= 0.6 is 0 Å². The van der Waals surface area contributed by atoms with E-state index in [1.54, 1.807) is 17.9 Å². The summed E-state index contributed by atoms with van der Waals surface area (Å²) in [5.41, 5.74) is 17.1. The van der Waals surface area contributed by atoms with Crippen molar-refractivity contribution in [3.63, 3.8) is 0 Å². The third kappa shape index (κ3) is 5.04. The minimum absolute atomic E-state index is 0.456. The van der Waals surface area contributed by atoms with Crippen molar-refractivity contribution in [3.8, 4) is 22.3 Å². The molecule has 0 spiro atoms. The molecule has 2 nitrogen and oxygen atoms in total. The zero-order valence-corrected chi connectivity index (χ0v) is 26.9. The lowest BCUT2D eigenvalue weighted by atomic mass is 9.95. The normalized spacial score (nSPS) is 16.0. The Labute approximate surface area is 252 Å². The van der Waals surface area contributed by atoms with Crippen LogP contribution in [0.25, 0.3) is 33.5 Å². The van der Waals surface area contributed by atoms with E-state index in [-0.39, 0.29) is 0 Å². The standard InChI is InChI=1S/C39H42O2Si/c1-7-41-25-29-16-20-31(21-17-29)33-11-9-13-35-37(33)23-27(3)39(35)42(5,6)38-26(2)22-36-32(10-8-12-34(36)38)30-18-14-28(15-19-30)24-40-4/h8-22,38H,7,23-25H2,1-6H3. The van der Waals surface area contributed by atoms with E-state index >= 15 is 0 Å². The maximum atomic E-state index is 5.62. The molecule has 214 valence electrons. The summed E-state index contributed by atoms with van der Waals surface area (Å²) in [5, 5.41) is 1.65. The van der Waals surface area contributed by atoms with Crippen LogP contribution in [0.5, 0.6) is 0 Å². The van der Waals surface area contributed by atoms with Gasteiger partial charge in [0.05, 0.1) is 21.3 Å². The Morgan fingerprint density at radius 1 is 0.738 bits per heavy atom. The SMILES string of the molecule is CCOCc1ccc(-c2cccc3c2CC(C)=C3[Si](C)(C)C2C(C)=Cc3c(-c4ccc(COC)cc4)cccc32)cc1. The van der Waals surface area contributed by atoms with Crippen LogP contribution in [0.3, 0.4) is 0 Å². The van der Waals surface area contributed by atoms with Crippen LogP contribution in [0.2, 0.25) is 13.1 Å². The van der Waals surface area contributed by atoms with Crippen molar-refractivity contribution in [3.05, 3.63) is 129 Å². The molecule has 0 bridgehead atoms.